The van der Waals surface area contributed by atoms with E-state index in [1.165, 1.54) is 14.2 Å². The molecule has 2 aliphatic heterocycles. The number of rotatable bonds is 14. The molecule has 47 heavy (non-hydrogen) atoms. The Morgan fingerprint density at radius 2 is 1.26 bits per heavy atom. The molecule has 0 aromatic carbocycles. The topological polar surface area (TPSA) is 109 Å². The van der Waals surface area contributed by atoms with Crippen LogP contribution < -0.4 is 0 Å². The van der Waals surface area contributed by atoms with Gasteiger partial charge in [0.1, 0.15) is 0 Å². The molecule has 0 amide bonds. The number of carbonyl (C=O) groups is 2. The van der Waals surface area contributed by atoms with Crippen LogP contribution in [0.1, 0.15) is 99.1 Å². The van der Waals surface area contributed by atoms with Crippen LogP contribution in [0.25, 0.3) is 12.2 Å². The number of carbonyl (C=O) groups excluding carboxylic acids is 2. The van der Waals surface area contributed by atoms with Crippen molar-refractivity contribution in [2.24, 2.45) is 9.98 Å². The number of aryl methyl sites for hydroxylation is 2. The van der Waals surface area contributed by atoms with Gasteiger partial charge in [0.05, 0.1) is 37.0 Å². The van der Waals surface area contributed by atoms with E-state index in [9.17, 15) is 9.59 Å². The summed E-state index contributed by atoms with van der Waals surface area (Å²) in [6.07, 6.45) is 4.69. The van der Waals surface area contributed by atoms with Crippen LogP contribution in [0.5, 0.6) is 0 Å². The SMILES string of the molecule is [2H]C([2H])([2H])C1=C(CCC(=O)OC)C(CC2=N/C(=C\c3[nH]c(C)c(CCCl)c3C([2H])([2H])[2H])C(C)=C2CCC(=O)OC)=N/C1=C\c1[nH]c(C)c(C)c1CCCl. The Morgan fingerprint density at radius 3 is 1.81 bits per heavy atom. The summed E-state index contributed by atoms with van der Waals surface area (Å²) in [7, 11) is 2.58. The Morgan fingerprint density at radius 1 is 0.723 bits per heavy atom. The molecular formula is C37H46Cl2N4O4. The molecule has 252 valence electrons. The number of hydrogen-bond acceptors (Lipinski definition) is 6. The van der Waals surface area contributed by atoms with Crippen molar-refractivity contribution in [3.05, 3.63) is 78.7 Å². The molecule has 4 heterocycles. The maximum absolute atomic E-state index is 12.4. The van der Waals surface area contributed by atoms with E-state index < -0.39 is 25.6 Å². The van der Waals surface area contributed by atoms with Crippen molar-refractivity contribution < 1.29 is 27.3 Å². The van der Waals surface area contributed by atoms with Crippen LogP contribution in [-0.4, -0.2) is 59.3 Å². The Balaban J connectivity index is 1.92. The largest absolute Gasteiger partial charge is 0.469 e. The zero-order chi connectivity index (χ0) is 39.4. The molecule has 0 radical (unpaired) electrons. The average Bonchev–Trinajstić information content (AvgIpc) is 3.76. The summed E-state index contributed by atoms with van der Waals surface area (Å²) in [5, 5.41) is 0. The molecule has 8 nitrogen and oxygen atoms in total. The second-order valence-corrected chi connectivity index (χ2v) is 12.4. The van der Waals surface area contributed by atoms with E-state index in [4.69, 9.17) is 50.9 Å². The molecule has 0 saturated heterocycles. The van der Waals surface area contributed by atoms with Gasteiger partial charge in [-0.25, -0.2) is 0 Å². The van der Waals surface area contributed by atoms with E-state index in [-0.39, 0.29) is 54.8 Å². The van der Waals surface area contributed by atoms with Gasteiger partial charge in [-0.3, -0.25) is 19.6 Å². The predicted octanol–water partition coefficient (Wildman–Crippen LogP) is 8.36. The second kappa shape index (κ2) is 16.0. The Labute approximate surface area is 296 Å². The third kappa shape index (κ3) is 8.10. The lowest BCUT2D eigenvalue weighted by molar-refractivity contribution is -0.141. The van der Waals surface area contributed by atoms with Crippen molar-refractivity contribution >= 4 is 58.7 Å². The van der Waals surface area contributed by atoms with Crippen molar-refractivity contribution in [2.75, 3.05) is 26.0 Å². The minimum Gasteiger partial charge on any atom is -0.469 e. The van der Waals surface area contributed by atoms with Gasteiger partial charge in [0.15, 0.2) is 0 Å². The number of ether oxygens (including phenoxy) is 2. The smallest absolute Gasteiger partial charge is 0.305 e. The van der Waals surface area contributed by atoms with Gasteiger partial charge in [-0.15, -0.1) is 23.2 Å². The molecule has 4 rings (SSSR count). The zero-order valence-electron chi connectivity index (χ0n) is 33.8. The molecule has 0 unspecified atom stereocenters. The molecule has 0 spiro atoms. The van der Waals surface area contributed by atoms with Crippen molar-refractivity contribution in [1.29, 1.82) is 0 Å². The highest BCUT2D eigenvalue weighted by molar-refractivity contribution is 6.21. The number of nitrogens with one attached hydrogen (secondary N) is 2. The Bertz CT molecular complexity index is 1960. The number of aromatic amines is 2. The molecular weight excluding hydrogens is 635 g/mol. The quantitative estimate of drug-likeness (QED) is 0.154. The van der Waals surface area contributed by atoms with Crippen LogP contribution in [0.3, 0.4) is 0 Å². The number of methoxy groups -OCH3 is 2. The fourth-order valence-corrected chi connectivity index (χ4v) is 6.39. The summed E-state index contributed by atoms with van der Waals surface area (Å²) >= 11 is 12.2. The van der Waals surface area contributed by atoms with E-state index in [0.717, 1.165) is 28.0 Å². The van der Waals surface area contributed by atoms with Gasteiger partial charge in [-0.2, -0.15) is 0 Å². The monoisotopic (exact) mass is 686 g/mol. The molecule has 0 atom stereocenters. The summed E-state index contributed by atoms with van der Waals surface area (Å²) < 4.78 is 60.4. The zero-order valence-corrected chi connectivity index (χ0v) is 29.3. The Hall–Kier alpha value is -3.62. The van der Waals surface area contributed by atoms with E-state index in [1.807, 2.05) is 20.8 Å². The minimum absolute atomic E-state index is 0.0281. The van der Waals surface area contributed by atoms with Gasteiger partial charge in [0.2, 0.25) is 0 Å². The number of allylic oxidation sites excluding steroid dienone is 4. The fourth-order valence-electron chi connectivity index (χ4n) is 6.01. The molecule has 10 heteroatoms. The standard InChI is InChI=1S/C37H46Cl2N4O4/c1-20-24(5)40-33(29(20)14-16-39)18-32-23(4)28(10-12-37(45)47-8)35(43-32)19-34-27(9-11-36(44)46-7)22(3)31(42-34)17-30-21(2)26(13-15-38)25(6)41-30/h17-18,40-41H,9-16,19H2,1-8H3/b31-17-,32-18-/i2D3,4D3. The first-order valence-corrected chi connectivity index (χ1v) is 16.6. The van der Waals surface area contributed by atoms with Crippen molar-refractivity contribution in [3.8, 4) is 0 Å². The molecule has 0 aliphatic carbocycles. The fraction of sp³-hybridized carbons (Fsp3) is 0.459. The van der Waals surface area contributed by atoms with E-state index in [0.29, 0.717) is 64.1 Å². The summed E-state index contributed by atoms with van der Waals surface area (Å²) in [6, 6.07) is 0. The first-order valence-electron chi connectivity index (χ1n) is 18.5. The molecule has 2 aliphatic rings. The van der Waals surface area contributed by atoms with Gasteiger partial charge in [-0.05, 0) is 124 Å². The number of hydrogen-bond donors (Lipinski definition) is 2. The first kappa shape index (κ1) is 28.4. The highest BCUT2D eigenvalue weighted by atomic mass is 35.5. The third-order valence-electron chi connectivity index (χ3n) is 8.81. The lowest BCUT2D eigenvalue weighted by atomic mass is 9.92. The summed E-state index contributed by atoms with van der Waals surface area (Å²) in [4.78, 5) is 41.1. The number of nitrogens with zero attached hydrogens (tertiary/aromatic N) is 2. The van der Waals surface area contributed by atoms with Crippen molar-refractivity contribution in [1.82, 2.24) is 9.97 Å². The number of halogens is 2. The highest BCUT2D eigenvalue weighted by Gasteiger charge is 2.28. The van der Waals surface area contributed by atoms with Crippen LogP contribution in [0.15, 0.2) is 43.7 Å². The maximum Gasteiger partial charge on any atom is 0.305 e. The number of aromatic nitrogens is 2. The number of esters is 2. The maximum atomic E-state index is 12.4. The summed E-state index contributed by atoms with van der Waals surface area (Å²) in [6.45, 7) is 2.53. The average molecular weight is 688 g/mol. The van der Waals surface area contributed by atoms with Crippen LogP contribution >= 0.6 is 23.2 Å². The van der Waals surface area contributed by atoms with Gasteiger partial charge < -0.3 is 19.4 Å². The molecule has 0 fully saturated rings. The summed E-state index contributed by atoms with van der Waals surface area (Å²) in [5.41, 5.74) is 9.01. The number of aliphatic imine (C=N–C) groups is 2. The minimum atomic E-state index is -2.59. The first-order chi connectivity index (χ1) is 24.9. The van der Waals surface area contributed by atoms with Crippen LogP contribution in [0.4, 0.5) is 0 Å². The normalized spacial score (nSPS) is 19.0. The molecule has 2 aromatic rings. The highest BCUT2D eigenvalue weighted by Crippen LogP contribution is 2.37. The van der Waals surface area contributed by atoms with E-state index >= 15 is 0 Å². The van der Waals surface area contributed by atoms with Gasteiger partial charge >= 0.3 is 11.9 Å². The van der Waals surface area contributed by atoms with Crippen LogP contribution in [-0.2, 0) is 31.9 Å². The molecule has 2 N–H and O–H groups in total. The van der Waals surface area contributed by atoms with Gasteiger partial charge in [-0.1, -0.05) is 0 Å². The summed E-state index contributed by atoms with van der Waals surface area (Å²) in [5.74, 6) is -0.309. The predicted molar refractivity (Wildman–Crippen MR) is 193 cm³/mol. The van der Waals surface area contributed by atoms with Crippen LogP contribution in [0.2, 0.25) is 0 Å². The van der Waals surface area contributed by atoms with E-state index in [1.54, 1.807) is 19.1 Å². The number of H-pyrrole nitrogens is 2. The van der Waals surface area contributed by atoms with Gasteiger partial charge in [0, 0.05) is 62.0 Å². The van der Waals surface area contributed by atoms with Crippen LogP contribution in [0, 0.1) is 27.6 Å². The van der Waals surface area contributed by atoms with Gasteiger partial charge in [0.25, 0.3) is 0 Å². The lowest BCUT2D eigenvalue weighted by Crippen LogP contribution is -2.13. The number of alkyl halides is 2. The Kier molecular flexibility index (Phi) is 9.66. The molecule has 0 saturated carbocycles. The molecule has 0 bridgehead atoms. The molecule has 2 aromatic heterocycles. The van der Waals surface area contributed by atoms with E-state index in [2.05, 4.69) is 9.97 Å². The second-order valence-electron chi connectivity index (χ2n) is 11.6. The lowest BCUT2D eigenvalue weighted by Gasteiger charge is -2.11. The van der Waals surface area contributed by atoms with Crippen molar-refractivity contribution in [3.63, 3.8) is 0 Å². The third-order valence-corrected chi connectivity index (χ3v) is 9.19. The van der Waals surface area contributed by atoms with Crippen molar-refractivity contribution in [2.45, 2.75) is 86.3 Å².